The molecule has 116 valence electrons. The van der Waals surface area contributed by atoms with Crippen LogP contribution in [-0.4, -0.2) is 24.3 Å². The van der Waals surface area contributed by atoms with Crippen molar-refractivity contribution < 1.29 is 5.11 Å². The van der Waals surface area contributed by atoms with Gasteiger partial charge in [0.2, 0.25) is 0 Å². The number of hydrogen-bond donors (Lipinski definition) is 1. The molecule has 1 aliphatic heterocycles. The average Bonchev–Trinajstić information content (AvgIpc) is 2.50. The molecule has 0 saturated heterocycles. The van der Waals surface area contributed by atoms with Gasteiger partial charge in [0.05, 0.1) is 6.61 Å². The lowest BCUT2D eigenvalue weighted by Crippen LogP contribution is -2.48. The molecule has 1 heterocycles. The quantitative estimate of drug-likeness (QED) is 0.907. The fourth-order valence-corrected chi connectivity index (χ4v) is 4.47. The number of anilines is 1. The summed E-state index contributed by atoms with van der Waals surface area (Å²) in [5, 5.41) is 10.1. The van der Waals surface area contributed by atoms with Crippen molar-refractivity contribution in [3.8, 4) is 0 Å². The number of fused-ring (bicyclic) bond motifs is 1. The van der Waals surface area contributed by atoms with Gasteiger partial charge < -0.3 is 10.0 Å². The highest BCUT2D eigenvalue weighted by Gasteiger charge is 2.38. The first-order valence-corrected chi connectivity index (χ1v) is 8.59. The van der Waals surface area contributed by atoms with Crippen molar-refractivity contribution in [1.82, 2.24) is 0 Å². The summed E-state index contributed by atoms with van der Waals surface area (Å²) in [6.45, 7) is 6.04. The third-order valence-electron chi connectivity index (χ3n) is 5.69. The van der Waals surface area contributed by atoms with Crippen LogP contribution in [0.3, 0.4) is 0 Å². The third kappa shape index (κ3) is 2.96. The molecule has 3 unspecified atom stereocenters. The van der Waals surface area contributed by atoms with Crippen molar-refractivity contribution in [3.63, 3.8) is 0 Å². The molecule has 1 aliphatic carbocycles. The van der Waals surface area contributed by atoms with Gasteiger partial charge in [-0.1, -0.05) is 38.0 Å². The van der Waals surface area contributed by atoms with Gasteiger partial charge in [-0.05, 0) is 50.2 Å². The Hall–Kier alpha value is -1.02. The van der Waals surface area contributed by atoms with Crippen molar-refractivity contribution >= 4 is 5.69 Å². The van der Waals surface area contributed by atoms with Gasteiger partial charge >= 0.3 is 0 Å². The van der Waals surface area contributed by atoms with Crippen molar-refractivity contribution in [1.29, 1.82) is 0 Å². The van der Waals surface area contributed by atoms with Gasteiger partial charge in [0, 0.05) is 23.7 Å². The smallest absolute Gasteiger partial charge is 0.0504 e. The molecule has 0 aromatic heterocycles. The van der Waals surface area contributed by atoms with E-state index in [9.17, 15) is 5.11 Å². The third-order valence-corrected chi connectivity index (χ3v) is 5.69. The largest absolute Gasteiger partial charge is 0.396 e. The standard InChI is InChI=1S/C19H29NO/c1-15-6-5-11-19(12-15,14-21)13-20-16(2)9-10-17-7-3-4-8-18(17)20/h3-4,7-8,15-16,21H,5-6,9-14H2,1-2H3. The molecular formula is C19H29NO. The van der Waals surface area contributed by atoms with Crippen LogP contribution >= 0.6 is 0 Å². The number of nitrogens with zero attached hydrogens (tertiary/aromatic N) is 1. The highest BCUT2D eigenvalue weighted by Crippen LogP contribution is 2.42. The number of hydrogen-bond acceptors (Lipinski definition) is 2. The van der Waals surface area contributed by atoms with E-state index >= 15 is 0 Å². The van der Waals surface area contributed by atoms with Crippen molar-refractivity contribution in [3.05, 3.63) is 29.8 Å². The van der Waals surface area contributed by atoms with Crippen LogP contribution in [0.15, 0.2) is 24.3 Å². The Morgan fingerprint density at radius 2 is 2.05 bits per heavy atom. The Labute approximate surface area is 129 Å². The minimum Gasteiger partial charge on any atom is -0.396 e. The molecule has 1 saturated carbocycles. The predicted molar refractivity (Wildman–Crippen MR) is 88.7 cm³/mol. The number of aryl methyl sites for hydroxylation is 1. The van der Waals surface area contributed by atoms with E-state index in [2.05, 4.69) is 43.0 Å². The van der Waals surface area contributed by atoms with E-state index in [0.717, 1.165) is 12.5 Å². The average molecular weight is 287 g/mol. The molecule has 0 radical (unpaired) electrons. The highest BCUT2D eigenvalue weighted by atomic mass is 16.3. The molecule has 1 aromatic rings. The topological polar surface area (TPSA) is 23.5 Å². The van der Waals surface area contributed by atoms with Gasteiger partial charge in [0.25, 0.3) is 0 Å². The van der Waals surface area contributed by atoms with Gasteiger partial charge in [-0.25, -0.2) is 0 Å². The lowest BCUT2D eigenvalue weighted by molar-refractivity contribution is 0.0646. The number of aliphatic hydroxyl groups is 1. The molecule has 1 N–H and O–H groups in total. The minimum absolute atomic E-state index is 0.108. The molecule has 0 spiro atoms. The molecule has 3 atom stereocenters. The molecule has 1 aromatic carbocycles. The SMILES string of the molecule is CC1CCCC(CO)(CN2c3ccccc3CCC2C)C1. The number of benzene rings is 1. The van der Waals surface area contributed by atoms with Gasteiger partial charge in [-0.2, -0.15) is 0 Å². The molecule has 0 bridgehead atoms. The second-order valence-corrected chi connectivity index (χ2v) is 7.50. The fraction of sp³-hybridized carbons (Fsp3) is 0.684. The van der Waals surface area contributed by atoms with Crippen LogP contribution < -0.4 is 4.90 Å². The second kappa shape index (κ2) is 6.00. The molecule has 0 amide bonds. The Bertz CT molecular complexity index is 486. The Morgan fingerprint density at radius 3 is 2.81 bits per heavy atom. The Morgan fingerprint density at radius 1 is 1.24 bits per heavy atom. The molecule has 2 heteroatoms. The summed E-state index contributed by atoms with van der Waals surface area (Å²) in [7, 11) is 0. The van der Waals surface area contributed by atoms with Gasteiger partial charge in [-0.3, -0.25) is 0 Å². The van der Waals surface area contributed by atoms with E-state index in [1.807, 2.05) is 0 Å². The zero-order chi connectivity index (χ0) is 14.9. The molecule has 2 aliphatic rings. The number of rotatable bonds is 3. The maximum absolute atomic E-state index is 10.1. The monoisotopic (exact) mass is 287 g/mol. The highest BCUT2D eigenvalue weighted by molar-refractivity contribution is 5.56. The summed E-state index contributed by atoms with van der Waals surface area (Å²) in [5.74, 6) is 0.751. The summed E-state index contributed by atoms with van der Waals surface area (Å²) in [6.07, 6.45) is 7.37. The van der Waals surface area contributed by atoms with Crippen LogP contribution in [0.25, 0.3) is 0 Å². The molecule has 21 heavy (non-hydrogen) atoms. The summed E-state index contributed by atoms with van der Waals surface area (Å²) < 4.78 is 0. The normalized spacial score (nSPS) is 32.8. The summed E-state index contributed by atoms with van der Waals surface area (Å²) in [6, 6.07) is 9.42. The number of para-hydroxylation sites is 1. The Kier molecular flexibility index (Phi) is 4.26. The summed E-state index contributed by atoms with van der Waals surface area (Å²) in [4.78, 5) is 2.58. The molecular weight excluding hydrogens is 258 g/mol. The van der Waals surface area contributed by atoms with Crippen molar-refractivity contribution in [2.24, 2.45) is 11.3 Å². The van der Waals surface area contributed by atoms with Crippen LogP contribution in [0, 0.1) is 11.3 Å². The van der Waals surface area contributed by atoms with Crippen LogP contribution in [0.5, 0.6) is 0 Å². The maximum Gasteiger partial charge on any atom is 0.0504 e. The molecule has 2 nitrogen and oxygen atoms in total. The van der Waals surface area contributed by atoms with Crippen molar-refractivity contribution in [2.75, 3.05) is 18.1 Å². The lowest BCUT2D eigenvalue weighted by Gasteiger charge is -2.46. The van der Waals surface area contributed by atoms with Crippen molar-refractivity contribution in [2.45, 2.75) is 58.4 Å². The maximum atomic E-state index is 10.1. The van der Waals surface area contributed by atoms with E-state index in [4.69, 9.17) is 0 Å². The molecule has 3 rings (SSSR count). The predicted octanol–water partition coefficient (Wildman–Crippen LogP) is 4.02. The zero-order valence-electron chi connectivity index (χ0n) is 13.5. The van der Waals surface area contributed by atoms with E-state index in [-0.39, 0.29) is 5.41 Å². The van der Waals surface area contributed by atoms with Crippen LogP contribution in [0.2, 0.25) is 0 Å². The fourth-order valence-electron chi connectivity index (χ4n) is 4.47. The minimum atomic E-state index is 0.108. The second-order valence-electron chi connectivity index (χ2n) is 7.50. The zero-order valence-corrected chi connectivity index (χ0v) is 13.5. The van der Waals surface area contributed by atoms with Gasteiger partial charge in [-0.15, -0.1) is 0 Å². The van der Waals surface area contributed by atoms with Crippen LogP contribution in [0.1, 0.15) is 51.5 Å². The van der Waals surface area contributed by atoms with E-state index < -0.39 is 0 Å². The van der Waals surface area contributed by atoms with Gasteiger partial charge in [0.15, 0.2) is 0 Å². The van der Waals surface area contributed by atoms with Gasteiger partial charge in [0.1, 0.15) is 0 Å². The lowest BCUT2D eigenvalue weighted by atomic mass is 9.70. The first-order chi connectivity index (χ1) is 10.1. The first kappa shape index (κ1) is 14.9. The summed E-state index contributed by atoms with van der Waals surface area (Å²) >= 11 is 0. The first-order valence-electron chi connectivity index (χ1n) is 8.59. The van der Waals surface area contributed by atoms with Crippen LogP contribution in [0.4, 0.5) is 5.69 Å². The number of aliphatic hydroxyl groups excluding tert-OH is 1. The summed E-state index contributed by atoms with van der Waals surface area (Å²) in [5.41, 5.74) is 2.99. The van der Waals surface area contributed by atoms with E-state index in [1.165, 1.54) is 49.8 Å². The van der Waals surface area contributed by atoms with E-state index in [0.29, 0.717) is 12.6 Å². The molecule has 1 fully saturated rings. The van der Waals surface area contributed by atoms with E-state index in [1.54, 1.807) is 0 Å². The van der Waals surface area contributed by atoms with Crippen LogP contribution in [-0.2, 0) is 6.42 Å². The Balaban J connectivity index is 1.85.